The van der Waals surface area contributed by atoms with Crippen LogP contribution in [0, 0.1) is 12.8 Å². The number of hydrogen-bond acceptors (Lipinski definition) is 0. The van der Waals surface area contributed by atoms with Crippen molar-refractivity contribution in [1.29, 1.82) is 0 Å². The van der Waals surface area contributed by atoms with Crippen molar-refractivity contribution in [3.8, 4) is 0 Å². The molecule has 1 aliphatic rings. The van der Waals surface area contributed by atoms with Gasteiger partial charge in [-0.15, -0.1) is 0 Å². The molecule has 0 amide bonds. The van der Waals surface area contributed by atoms with E-state index in [9.17, 15) is 0 Å². The van der Waals surface area contributed by atoms with Crippen LogP contribution in [0.15, 0.2) is 24.3 Å². The Labute approximate surface area is 101 Å². The molecule has 0 radical (unpaired) electrons. The first-order valence-electron chi connectivity index (χ1n) is 5.93. The van der Waals surface area contributed by atoms with Crippen molar-refractivity contribution in [3.63, 3.8) is 0 Å². The quantitative estimate of drug-likeness (QED) is 0.705. The Morgan fingerprint density at radius 3 is 2.80 bits per heavy atom. The number of rotatable bonds is 4. The van der Waals surface area contributed by atoms with Crippen LogP contribution in [-0.2, 0) is 6.42 Å². The highest BCUT2D eigenvalue weighted by atomic mass is 79.9. The molecule has 0 bridgehead atoms. The first-order valence-corrected chi connectivity index (χ1v) is 6.85. The summed E-state index contributed by atoms with van der Waals surface area (Å²) < 4.78 is 0. The number of benzene rings is 1. The number of aryl methyl sites for hydroxylation is 1. The molecule has 1 aromatic carbocycles. The zero-order chi connectivity index (χ0) is 10.7. The van der Waals surface area contributed by atoms with Crippen LogP contribution in [0.25, 0.3) is 0 Å². The van der Waals surface area contributed by atoms with Gasteiger partial charge in [0.2, 0.25) is 0 Å². The lowest BCUT2D eigenvalue weighted by atomic mass is 9.81. The maximum atomic E-state index is 3.81. The average Bonchev–Trinajstić information content (AvgIpc) is 2.11. The molecular formula is C14H19Br. The Morgan fingerprint density at radius 1 is 1.40 bits per heavy atom. The topological polar surface area (TPSA) is 0 Å². The van der Waals surface area contributed by atoms with Crippen molar-refractivity contribution in [2.75, 3.05) is 0 Å². The van der Waals surface area contributed by atoms with Gasteiger partial charge in [0, 0.05) is 4.83 Å². The minimum absolute atomic E-state index is 0.671. The molecule has 1 saturated carbocycles. The molecule has 0 spiro atoms. The fourth-order valence-corrected chi connectivity index (χ4v) is 3.17. The first kappa shape index (κ1) is 11.2. The molecule has 1 atom stereocenters. The number of halogens is 1. The molecule has 1 heteroatoms. The van der Waals surface area contributed by atoms with Crippen molar-refractivity contribution in [1.82, 2.24) is 0 Å². The van der Waals surface area contributed by atoms with E-state index in [0.29, 0.717) is 4.83 Å². The summed E-state index contributed by atoms with van der Waals surface area (Å²) >= 11 is 3.81. The van der Waals surface area contributed by atoms with Gasteiger partial charge in [0.05, 0.1) is 0 Å². The minimum atomic E-state index is 0.671. The van der Waals surface area contributed by atoms with Gasteiger partial charge in [0.1, 0.15) is 0 Å². The molecule has 0 N–H and O–H groups in total. The van der Waals surface area contributed by atoms with Gasteiger partial charge in [-0.05, 0) is 31.2 Å². The molecule has 82 valence electrons. The third-order valence-corrected chi connectivity index (χ3v) is 4.05. The van der Waals surface area contributed by atoms with Crippen LogP contribution in [0.2, 0.25) is 0 Å². The van der Waals surface area contributed by atoms with E-state index in [-0.39, 0.29) is 0 Å². The Morgan fingerprint density at radius 2 is 2.20 bits per heavy atom. The third-order valence-electron chi connectivity index (χ3n) is 3.35. The zero-order valence-corrected chi connectivity index (χ0v) is 11.0. The Balaban J connectivity index is 1.84. The van der Waals surface area contributed by atoms with Gasteiger partial charge in [0.25, 0.3) is 0 Å². The van der Waals surface area contributed by atoms with E-state index < -0.39 is 0 Å². The highest BCUT2D eigenvalue weighted by molar-refractivity contribution is 9.09. The summed E-state index contributed by atoms with van der Waals surface area (Å²) in [7, 11) is 0. The molecule has 0 heterocycles. The summed E-state index contributed by atoms with van der Waals surface area (Å²) in [5, 5.41) is 0. The van der Waals surface area contributed by atoms with E-state index in [1.165, 1.54) is 43.2 Å². The standard InChI is InChI=1S/C14H19Br/c1-11-4-2-7-13(8-11)10-14(15)9-12-5-3-6-12/h2,4,7-8,12,14H,3,5-6,9-10H2,1H3. The summed E-state index contributed by atoms with van der Waals surface area (Å²) in [6.45, 7) is 2.17. The molecular weight excluding hydrogens is 248 g/mol. The molecule has 1 fully saturated rings. The molecule has 0 aromatic heterocycles. The van der Waals surface area contributed by atoms with Crippen molar-refractivity contribution in [2.24, 2.45) is 5.92 Å². The Kier molecular flexibility index (Phi) is 3.85. The van der Waals surface area contributed by atoms with Crippen LogP contribution in [0.1, 0.15) is 36.8 Å². The van der Waals surface area contributed by atoms with Crippen molar-refractivity contribution in [3.05, 3.63) is 35.4 Å². The largest absolute Gasteiger partial charge is 0.0887 e. The van der Waals surface area contributed by atoms with E-state index in [2.05, 4.69) is 47.1 Å². The van der Waals surface area contributed by atoms with Gasteiger partial charge in [0.15, 0.2) is 0 Å². The second kappa shape index (κ2) is 5.16. The second-order valence-electron chi connectivity index (χ2n) is 4.82. The lowest BCUT2D eigenvalue weighted by molar-refractivity contribution is 0.294. The smallest absolute Gasteiger partial charge is 0.0188 e. The van der Waals surface area contributed by atoms with E-state index in [4.69, 9.17) is 0 Å². The molecule has 1 aliphatic carbocycles. The summed E-state index contributed by atoms with van der Waals surface area (Å²) in [5.41, 5.74) is 2.84. The van der Waals surface area contributed by atoms with Crippen LogP contribution in [0.5, 0.6) is 0 Å². The average molecular weight is 267 g/mol. The predicted octanol–water partition coefficient (Wildman–Crippen LogP) is 4.49. The summed E-state index contributed by atoms with van der Waals surface area (Å²) in [4.78, 5) is 0.671. The van der Waals surface area contributed by atoms with Crippen LogP contribution in [0.3, 0.4) is 0 Å². The van der Waals surface area contributed by atoms with Crippen LogP contribution in [-0.4, -0.2) is 4.83 Å². The van der Waals surface area contributed by atoms with Crippen molar-refractivity contribution < 1.29 is 0 Å². The van der Waals surface area contributed by atoms with Gasteiger partial charge >= 0.3 is 0 Å². The molecule has 0 aliphatic heterocycles. The van der Waals surface area contributed by atoms with E-state index in [1.54, 1.807) is 0 Å². The maximum Gasteiger partial charge on any atom is 0.0188 e. The van der Waals surface area contributed by atoms with Crippen LogP contribution >= 0.6 is 15.9 Å². The third kappa shape index (κ3) is 3.34. The highest BCUT2D eigenvalue weighted by Crippen LogP contribution is 2.33. The number of alkyl halides is 1. The monoisotopic (exact) mass is 266 g/mol. The Hall–Kier alpha value is -0.300. The van der Waals surface area contributed by atoms with Gasteiger partial charge in [-0.3, -0.25) is 0 Å². The molecule has 2 rings (SSSR count). The van der Waals surface area contributed by atoms with Gasteiger partial charge in [-0.2, -0.15) is 0 Å². The summed E-state index contributed by atoms with van der Waals surface area (Å²) in [6, 6.07) is 8.86. The normalized spacial score (nSPS) is 18.5. The summed E-state index contributed by atoms with van der Waals surface area (Å²) in [5.74, 6) is 0.999. The van der Waals surface area contributed by atoms with Crippen LogP contribution in [0.4, 0.5) is 0 Å². The molecule has 1 unspecified atom stereocenters. The van der Waals surface area contributed by atoms with E-state index >= 15 is 0 Å². The SMILES string of the molecule is Cc1cccc(CC(Br)CC2CCC2)c1. The van der Waals surface area contributed by atoms with Gasteiger partial charge in [-0.1, -0.05) is 65.0 Å². The lowest BCUT2D eigenvalue weighted by Crippen LogP contribution is -2.17. The second-order valence-corrected chi connectivity index (χ2v) is 6.12. The van der Waals surface area contributed by atoms with Gasteiger partial charge < -0.3 is 0 Å². The number of hydrogen-bond donors (Lipinski definition) is 0. The van der Waals surface area contributed by atoms with Crippen molar-refractivity contribution >= 4 is 15.9 Å². The lowest BCUT2D eigenvalue weighted by Gasteiger charge is -2.27. The summed E-state index contributed by atoms with van der Waals surface area (Å²) in [6.07, 6.45) is 6.90. The zero-order valence-electron chi connectivity index (χ0n) is 9.38. The van der Waals surface area contributed by atoms with Gasteiger partial charge in [-0.25, -0.2) is 0 Å². The first-order chi connectivity index (χ1) is 7.24. The fraction of sp³-hybridized carbons (Fsp3) is 0.571. The Bertz CT molecular complexity index is 315. The van der Waals surface area contributed by atoms with Crippen LogP contribution < -0.4 is 0 Å². The van der Waals surface area contributed by atoms with Crippen molar-refractivity contribution in [2.45, 2.75) is 43.9 Å². The van der Waals surface area contributed by atoms with E-state index in [0.717, 1.165) is 5.92 Å². The fourth-order valence-electron chi connectivity index (χ4n) is 2.27. The molecule has 0 nitrogen and oxygen atoms in total. The van der Waals surface area contributed by atoms with E-state index in [1.807, 2.05) is 0 Å². The molecule has 15 heavy (non-hydrogen) atoms. The molecule has 1 aromatic rings. The molecule has 0 saturated heterocycles. The minimum Gasteiger partial charge on any atom is -0.0887 e. The highest BCUT2D eigenvalue weighted by Gasteiger charge is 2.20. The predicted molar refractivity (Wildman–Crippen MR) is 69.6 cm³/mol. The maximum absolute atomic E-state index is 3.81.